The highest BCUT2D eigenvalue weighted by molar-refractivity contribution is 6.30. The highest BCUT2D eigenvalue weighted by Crippen LogP contribution is 2.28. The first-order chi connectivity index (χ1) is 6.52. The number of pyridine rings is 1. The summed E-state index contributed by atoms with van der Waals surface area (Å²) in [6.07, 6.45) is -2.10. The summed E-state index contributed by atoms with van der Waals surface area (Å²) in [5.74, 6) is -1.19. The monoisotopic (exact) mass is 221 g/mol. The molecule has 0 aliphatic heterocycles. The second-order valence-electron chi connectivity index (χ2n) is 2.55. The van der Waals surface area contributed by atoms with E-state index in [0.29, 0.717) is 0 Å². The number of carboxylic acid groups (broad SMARTS) is 1. The number of rotatable bonds is 3. The van der Waals surface area contributed by atoms with Gasteiger partial charge in [0.1, 0.15) is 5.15 Å². The zero-order valence-electron chi connectivity index (χ0n) is 6.88. The van der Waals surface area contributed by atoms with E-state index in [1.54, 1.807) is 0 Å². The topological polar surface area (TPSA) is 50.2 Å². The largest absolute Gasteiger partial charge is 0.481 e. The summed E-state index contributed by atoms with van der Waals surface area (Å²) in [7, 11) is 0. The Morgan fingerprint density at radius 2 is 2.29 bits per heavy atom. The zero-order chi connectivity index (χ0) is 10.7. The van der Waals surface area contributed by atoms with Crippen LogP contribution in [0.5, 0.6) is 0 Å². The molecule has 0 unspecified atom stereocenters. The molecule has 1 rings (SSSR count). The Kier molecular flexibility index (Phi) is 3.35. The number of halogens is 3. The molecule has 76 valence electrons. The highest BCUT2D eigenvalue weighted by Gasteiger charge is 2.19. The molecule has 3 nitrogen and oxygen atoms in total. The van der Waals surface area contributed by atoms with Gasteiger partial charge in [0.05, 0.1) is 12.0 Å². The van der Waals surface area contributed by atoms with Crippen LogP contribution in [-0.4, -0.2) is 16.1 Å². The molecule has 0 aliphatic carbocycles. The van der Waals surface area contributed by atoms with Crippen molar-refractivity contribution in [1.82, 2.24) is 4.98 Å². The first-order valence-corrected chi connectivity index (χ1v) is 4.03. The molecule has 0 aromatic carbocycles. The van der Waals surface area contributed by atoms with Gasteiger partial charge in [0.2, 0.25) is 0 Å². The van der Waals surface area contributed by atoms with Gasteiger partial charge in [-0.05, 0) is 11.6 Å². The fourth-order valence-corrected chi connectivity index (χ4v) is 1.29. The van der Waals surface area contributed by atoms with Gasteiger partial charge in [-0.25, -0.2) is 13.8 Å². The summed E-state index contributed by atoms with van der Waals surface area (Å²) < 4.78 is 24.8. The van der Waals surface area contributed by atoms with Gasteiger partial charge in [0.15, 0.2) is 0 Å². The lowest BCUT2D eigenvalue weighted by Crippen LogP contribution is -2.05. The number of aromatic nitrogens is 1. The molecule has 0 bridgehead atoms. The first kappa shape index (κ1) is 10.8. The van der Waals surface area contributed by atoms with Crippen LogP contribution in [0.3, 0.4) is 0 Å². The minimum Gasteiger partial charge on any atom is -0.481 e. The third kappa shape index (κ3) is 2.38. The molecule has 0 fully saturated rings. The molecule has 0 amide bonds. The Bertz CT molecular complexity index is 357. The van der Waals surface area contributed by atoms with Crippen molar-refractivity contribution in [2.24, 2.45) is 0 Å². The second kappa shape index (κ2) is 4.32. The fourth-order valence-electron chi connectivity index (χ4n) is 1.03. The van der Waals surface area contributed by atoms with Crippen molar-refractivity contribution in [2.45, 2.75) is 12.8 Å². The number of hydrogen-bond acceptors (Lipinski definition) is 2. The van der Waals surface area contributed by atoms with Crippen LogP contribution in [0.4, 0.5) is 8.78 Å². The summed E-state index contributed by atoms with van der Waals surface area (Å²) in [5.41, 5.74) is -0.510. The minimum absolute atomic E-state index is 0.00694. The standard InChI is InChI=1S/C8H6ClF2NO2/c9-7-6(8(10)11)4(1-2-12-7)3-5(13)14/h1-2,8H,3H2,(H,13,14). The van der Waals surface area contributed by atoms with Crippen molar-refractivity contribution in [3.05, 3.63) is 28.5 Å². The van der Waals surface area contributed by atoms with Gasteiger partial charge in [0, 0.05) is 6.20 Å². The van der Waals surface area contributed by atoms with Gasteiger partial charge in [-0.3, -0.25) is 4.79 Å². The molecular weight excluding hydrogens is 216 g/mol. The number of nitrogens with zero attached hydrogens (tertiary/aromatic N) is 1. The van der Waals surface area contributed by atoms with E-state index in [-0.39, 0.29) is 10.7 Å². The Balaban J connectivity index is 3.14. The lowest BCUT2D eigenvalue weighted by atomic mass is 10.1. The van der Waals surface area contributed by atoms with E-state index >= 15 is 0 Å². The average Bonchev–Trinajstić information content (AvgIpc) is 2.01. The van der Waals surface area contributed by atoms with Crippen molar-refractivity contribution in [3.63, 3.8) is 0 Å². The van der Waals surface area contributed by atoms with E-state index in [4.69, 9.17) is 16.7 Å². The molecule has 1 aromatic rings. The third-order valence-corrected chi connectivity index (χ3v) is 1.89. The van der Waals surface area contributed by atoms with Crippen LogP contribution in [-0.2, 0) is 11.2 Å². The smallest absolute Gasteiger partial charge is 0.307 e. The summed E-state index contributed by atoms with van der Waals surface area (Å²) in [6, 6.07) is 1.22. The lowest BCUT2D eigenvalue weighted by molar-refractivity contribution is -0.136. The van der Waals surface area contributed by atoms with E-state index in [1.807, 2.05) is 0 Å². The number of aliphatic carboxylic acids is 1. The number of hydrogen-bond donors (Lipinski definition) is 1. The maximum atomic E-state index is 12.4. The van der Waals surface area contributed by atoms with Gasteiger partial charge in [-0.1, -0.05) is 11.6 Å². The van der Waals surface area contributed by atoms with E-state index in [2.05, 4.69) is 4.98 Å². The van der Waals surface area contributed by atoms with Gasteiger partial charge >= 0.3 is 5.97 Å². The molecule has 0 saturated heterocycles. The van der Waals surface area contributed by atoms with E-state index in [9.17, 15) is 13.6 Å². The molecule has 6 heteroatoms. The lowest BCUT2D eigenvalue weighted by Gasteiger charge is -2.07. The Morgan fingerprint density at radius 1 is 1.64 bits per heavy atom. The predicted octanol–water partition coefficient (Wildman–Crippen LogP) is 2.30. The third-order valence-electron chi connectivity index (χ3n) is 1.59. The molecule has 1 aromatic heterocycles. The normalized spacial score (nSPS) is 10.6. The Labute approximate surface area is 83.3 Å². The maximum absolute atomic E-state index is 12.4. The summed E-state index contributed by atoms with van der Waals surface area (Å²) in [5, 5.41) is 8.11. The summed E-state index contributed by atoms with van der Waals surface area (Å²) in [4.78, 5) is 13.8. The minimum atomic E-state index is -2.81. The number of alkyl halides is 2. The van der Waals surface area contributed by atoms with Crippen molar-refractivity contribution < 1.29 is 18.7 Å². The van der Waals surface area contributed by atoms with Crippen molar-refractivity contribution in [1.29, 1.82) is 0 Å². The van der Waals surface area contributed by atoms with E-state index in [1.165, 1.54) is 12.3 Å². The Hall–Kier alpha value is -1.23. The van der Waals surface area contributed by atoms with Crippen molar-refractivity contribution in [2.75, 3.05) is 0 Å². The van der Waals surface area contributed by atoms with Gasteiger partial charge < -0.3 is 5.11 Å². The zero-order valence-corrected chi connectivity index (χ0v) is 7.63. The quantitative estimate of drug-likeness (QED) is 0.797. The molecule has 0 atom stereocenters. The number of carbonyl (C=O) groups is 1. The average molecular weight is 222 g/mol. The molecule has 0 aliphatic rings. The molecule has 0 radical (unpaired) electrons. The van der Waals surface area contributed by atoms with E-state index in [0.717, 1.165) is 0 Å². The van der Waals surface area contributed by atoms with Gasteiger partial charge in [-0.2, -0.15) is 0 Å². The predicted molar refractivity (Wildman–Crippen MR) is 45.5 cm³/mol. The maximum Gasteiger partial charge on any atom is 0.307 e. The van der Waals surface area contributed by atoms with Crippen LogP contribution in [0.15, 0.2) is 12.3 Å². The highest BCUT2D eigenvalue weighted by atomic mass is 35.5. The van der Waals surface area contributed by atoms with Crippen LogP contribution in [0.25, 0.3) is 0 Å². The molecule has 0 saturated carbocycles. The first-order valence-electron chi connectivity index (χ1n) is 3.65. The van der Waals surface area contributed by atoms with Crippen LogP contribution in [0, 0.1) is 0 Å². The van der Waals surface area contributed by atoms with Gasteiger partial charge in [0.25, 0.3) is 6.43 Å². The Morgan fingerprint density at radius 3 is 2.79 bits per heavy atom. The van der Waals surface area contributed by atoms with Crippen molar-refractivity contribution >= 4 is 17.6 Å². The molecule has 1 heterocycles. The van der Waals surface area contributed by atoms with Gasteiger partial charge in [-0.15, -0.1) is 0 Å². The molecule has 14 heavy (non-hydrogen) atoms. The number of carboxylic acids is 1. The van der Waals surface area contributed by atoms with Crippen LogP contribution < -0.4 is 0 Å². The molecule has 0 spiro atoms. The fraction of sp³-hybridized carbons (Fsp3) is 0.250. The van der Waals surface area contributed by atoms with Crippen molar-refractivity contribution in [3.8, 4) is 0 Å². The van der Waals surface area contributed by atoms with E-state index < -0.39 is 24.4 Å². The SMILES string of the molecule is O=C(O)Cc1ccnc(Cl)c1C(F)F. The summed E-state index contributed by atoms with van der Waals surface area (Å²) in [6.45, 7) is 0. The van der Waals surface area contributed by atoms with Crippen LogP contribution in [0.1, 0.15) is 17.6 Å². The summed E-state index contributed by atoms with van der Waals surface area (Å²) >= 11 is 5.42. The molecule has 1 N–H and O–H groups in total. The molecular formula is C8H6ClF2NO2. The second-order valence-corrected chi connectivity index (χ2v) is 2.90. The van der Waals surface area contributed by atoms with Crippen LogP contribution in [0.2, 0.25) is 5.15 Å². The van der Waals surface area contributed by atoms with Crippen LogP contribution >= 0.6 is 11.6 Å².